The first-order valence-corrected chi connectivity index (χ1v) is 8.88. The second-order valence-corrected chi connectivity index (χ2v) is 6.39. The largest absolute Gasteiger partial charge is 0.466 e. The predicted molar refractivity (Wildman–Crippen MR) is 95.9 cm³/mol. The number of ether oxygens (including phenoxy) is 1. The van der Waals surface area contributed by atoms with E-state index in [0.717, 1.165) is 12.0 Å². The van der Waals surface area contributed by atoms with Crippen molar-refractivity contribution >= 4 is 11.9 Å². The van der Waals surface area contributed by atoms with Gasteiger partial charge in [-0.05, 0) is 25.3 Å². The number of esters is 1. The van der Waals surface area contributed by atoms with Gasteiger partial charge in [-0.1, -0.05) is 30.3 Å². The maximum atomic E-state index is 12.9. The van der Waals surface area contributed by atoms with E-state index in [9.17, 15) is 14.4 Å². The minimum atomic E-state index is -0.323. The number of imidazole rings is 1. The van der Waals surface area contributed by atoms with E-state index in [4.69, 9.17) is 4.74 Å². The number of aromatic amines is 1. The molecule has 0 bridgehead atoms. The summed E-state index contributed by atoms with van der Waals surface area (Å²) in [5.74, 6) is -0.810. The maximum absolute atomic E-state index is 12.9. The van der Waals surface area contributed by atoms with Crippen molar-refractivity contribution < 1.29 is 14.3 Å². The quantitative estimate of drug-likeness (QED) is 0.825. The number of rotatable bonds is 5. The lowest BCUT2D eigenvalue weighted by atomic mass is 9.98. The van der Waals surface area contributed by atoms with Crippen molar-refractivity contribution in [2.75, 3.05) is 19.7 Å². The highest BCUT2D eigenvalue weighted by atomic mass is 16.5. The minimum absolute atomic E-state index is 0.242. The molecule has 138 valence electrons. The van der Waals surface area contributed by atoms with E-state index in [1.54, 1.807) is 11.8 Å². The average Bonchev–Trinajstić information content (AvgIpc) is 3.03. The van der Waals surface area contributed by atoms with Gasteiger partial charge in [0, 0.05) is 19.3 Å². The summed E-state index contributed by atoms with van der Waals surface area (Å²) in [6.07, 6.45) is 2.90. The third-order valence-electron chi connectivity index (χ3n) is 4.60. The van der Waals surface area contributed by atoms with Crippen molar-refractivity contribution in [1.82, 2.24) is 14.5 Å². The van der Waals surface area contributed by atoms with Crippen molar-refractivity contribution in [2.24, 2.45) is 5.92 Å². The number of aromatic nitrogens is 2. The maximum Gasteiger partial charge on any atom is 0.326 e. The van der Waals surface area contributed by atoms with Gasteiger partial charge >= 0.3 is 11.7 Å². The molecule has 1 N–H and O–H groups in total. The Hall–Kier alpha value is -2.83. The van der Waals surface area contributed by atoms with Crippen LogP contribution in [0.4, 0.5) is 0 Å². The molecule has 7 nitrogen and oxygen atoms in total. The summed E-state index contributed by atoms with van der Waals surface area (Å²) in [4.78, 5) is 41.3. The summed E-state index contributed by atoms with van der Waals surface area (Å²) in [5.41, 5.74) is 0.922. The minimum Gasteiger partial charge on any atom is -0.466 e. The van der Waals surface area contributed by atoms with Gasteiger partial charge in [0.25, 0.3) is 5.91 Å². The van der Waals surface area contributed by atoms with E-state index in [1.165, 1.54) is 10.8 Å². The van der Waals surface area contributed by atoms with Crippen molar-refractivity contribution in [3.05, 3.63) is 58.3 Å². The normalized spacial score (nSPS) is 17.1. The van der Waals surface area contributed by atoms with Gasteiger partial charge < -0.3 is 14.6 Å². The molecule has 7 heteroatoms. The van der Waals surface area contributed by atoms with Crippen LogP contribution in [0.3, 0.4) is 0 Å². The zero-order valence-corrected chi connectivity index (χ0v) is 14.8. The van der Waals surface area contributed by atoms with Crippen LogP contribution in [0.15, 0.2) is 41.3 Å². The van der Waals surface area contributed by atoms with Crippen molar-refractivity contribution in [3.63, 3.8) is 0 Å². The molecule has 3 rings (SSSR count). The topological polar surface area (TPSA) is 84.4 Å². The van der Waals surface area contributed by atoms with E-state index in [0.29, 0.717) is 38.4 Å². The Morgan fingerprint density at radius 1 is 1.27 bits per heavy atom. The molecule has 0 saturated carbocycles. The molecule has 1 fully saturated rings. The molecule has 1 atom stereocenters. The smallest absolute Gasteiger partial charge is 0.326 e. The Labute approximate surface area is 151 Å². The molecule has 2 aromatic rings. The van der Waals surface area contributed by atoms with E-state index >= 15 is 0 Å². The van der Waals surface area contributed by atoms with Crippen LogP contribution in [0.1, 0.15) is 35.8 Å². The van der Waals surface area contributed by atoms with Gasteiger partial charge in [-0.3, -0.25) is 14.2 Å². The highest BCUT2D eigenvalue weighted by Crippen LogP contribution is 2.20. The number of amides is 1. The van der Waals surface area contributed by atoms with Crippen molar-refractivity contribution in [2.45, 2.75) is 26.3 Å². The molecule has 2 heterocycles. The number of piperidine rings is 1. The molecule has 0 aliphatic carbocycles. The fourth-order valence-corrected chi connectivity index (χ4v) is 3.27. The SMILES string of the molecule is CCOC(=O)C1CCCN(C(=O)c2c[nH]c(=O)n2Cc2ccccc2)C1. The molecule has 1 aliphatic rings. The number of hydrogen-bond donors (Lipinski definition) is 1. The van der Waals surface area contributed by atoms with Gasteiger partial charge in [0.15, 0.2) is 0 Å². The number of carbonyl (C=O) groups excluding carboxylic acids is 2. The number of nitrogens with one attached hydrogen (secondary N) is 1. The van der Waals surface area contributed by atoms with Crippen LogP contribution in [0.2, 0.25) is 0 Å². The summed E-state index contributed by atoms with van der Waals surface area (Å²) in [5, 5.41) is 0. The van der Waals surface area contributed by atoms with Gasteiger partial charge in [0.05, 0.1) is 19.1 Å². The summed E-state index contributed by atoms with van der Waals surface area (Å²) < 4.78 is 6.52. The van der Waals surface area contributed by atoms with E-state index in [2.05, 4.69) is 4.98 Å². The first-order chi connectivity index (χ1) is 12.6. The van der Waals surface area contributed by atoms with Gasteiger partial charge in [-0.2, -0.15) is 0 Å². The van der Waals surface area contributed by atoms with Gasteiger partial charge in [0.1, 0.15) is 5.69 Å². The fraction of sp³-hybridized carbons (Fsp3) is 0.421. The summed E-state index contributed by atoms with van der Waals surface area (Å²) in [7, 11) is 0. The molecule has 1 amide bonds. The number of nitrogens with zero attached hydrogens (tertiary/aromatic N) is 2. The first kappa shape index (κ1) is 18.0. The molecule has 1 aliphatic heterocycles. The molecule has 1 unspecified atom stereocenters. The van der Waals surface area contributed by atoms with Gasteiger partial charge in [0.2, 0.25) is 0 Å². The molecule has 0 radical (unpaired) electrons. The number of benzene rings is 1. The number of hydrogen-bond acceptors (Lipinski definition) is 4. The van der Waals surface area contributed by atoms with Crippen LogP contribution in [-0.4, -0.2) is 46.0 Å². The Balaban J connectivity index is 1.78. The third kappa shape index (κ3) is 3.87. The lowest BCUT2D eigenvalue weighted by molar-refractivity contribution is -0.149. The molecular weight excluding hydrogens is 334 g/mol. The van der Waals surface area contributed by atoms with Crippen molar-refractivity contribution in [3.8, 4) is 0 Å². The van der Waals surface area contributed by atoms with Crippen LogP contribution in [0.5, 0.6) is 0 Å². The molecule has 1 saturated heterocycles. The lowest BCUT2D eigenvalue weighted by Gasteiger charge is -2.31. The Kier molecular flexibility index (Phi) is 5.55. The second-order valence-electron chi connectivity index (χ2n) is 6.39. The Morgan fingerprint density at radius 2 is 2.04 bits per heavy atom. The van der Waals surface area contributed by atoms with Crippen LogP contribution < -0.4 is 5.69 Å². The Morgan fingerprint density at radius 3 is 2.77 bits per heavy atom. The van der Waals surface area contributed by atoms with E-state index in [1.807, 2.05) is 30.3 Å². The van der Waals surface area contributed by atoms with Gasteiger partial charge in [-0.15, -0.1) is 0 Å². The predicted octanol–water partition coefficient (Wildman–Crippen LogP) is 1.64. The van der Waals surface area contributed by atoms with Crippen LogP contribution >= 0.6 is 0 Å². The highest BCUT2D eigenvalue weighted by Gasteiger charge is 2.31. The van der Waals surface area contributed by atoms with E-state index < -0.39 is 0 Å². The average molecular weight is 357 g/mol. The van der Waals surface area contributed by atoms with Crippen molar-refractivity contribution in [1.29, 1.82) is 0 Å². The first-order valence-electron chi connectivity index (χ1n) is 8.88. The second kappa shape index (κ2) is 8.03. The zero-order chi connectivity index (χ0) is 18.5. The molecule has 1 aromatic heterocycles. The number of carbonyl (C=O) groups is 2. The third-order valence-corrected chi connectivity index (χ3v) is 4.60. The summed E-state index contributed by atoms with van der Waals surface area (Å²) in [6.45, 7) is 3.31. The number of H-pyrrole nitrogens is 1. The summed E-state index contributed by atoms with van der Waals surface area (Å²) >= 11 is 0. The molecule has 0 spiro atoms. The molecule has 1 aromatic carbocycles. The lowest BCUT2D eigenvalue weighted by Crippen LogP contribution is -2.43. The van der Waals surface area contributed by atoms with Crippen LogP contribution in [-0.2, 0) is 16.1 Å². The Bertz CT molecular complexity index is 825. The highest BCUT2D eigenvalue weighted by molar-refractivity contribution is 5.93. The van der Waals surface area contributed by atoms with Gasteiger partial charge in [-0.25, -0.2) is 4.79 Å². The zero-order valence-electron chi connectivity index (χ0n) is 14.8. The molecule has 26 heavy (non-hydrogen) atoms. The fourth-order valence-electron chi connectivity index (χ4n) is 3.27. The molecular formula is C19H23N3O4. The van der Waals surface area contributed by atoms with E-state index in [-0.39, 0.29) is 23.5 Å². The van der Waals surface area contributed by atoms with Crippen LogP contribution in [0, 0.1) is 5.92 Å². The number of likely N-dealkylation sites (tertiary alicyclic amines) is 1. The summed E-state index contributed by atoms with van der Waals surface area (Å²) in [6, 6.07) is 9.50. The standard InChI is InChI=1S/C19H23N3O4/c1-2-26-18(24)15-9-6-10-21(13-15)17(23)16-11-20-19(25)22(16)12-14-7-4-3-5-8-14/h3-5,7-8,11,15H,2,6,9-10,12-13H2,1H3,(H,20,25). The monoisotopic (exact) mass is 357 g/mol. The van der Waals surface area contributed by atoms with Crippen LogP contribution in [0.25, 0.3) is 0 Å².